The molecule has 0 amide bonds. The van der Waals surface area contributed by atoms with Crippen molar-refractivity contribution < 1.29 is 8.94 Å². The van der Waals surface area contributed by atoms with Crippen LogP contribution in [0, 0.1) is 27.7 Å². The molecule has 0 aromatic carbocycles. The fourth-order valence-corrected chi connectivity index (χ4v) is 2.43. The van der Waals surface area contributed by atoms with Crippen LogP contribution in [0.4, 0.5) is 0 Å². The van der Waals surface area contributed by atoms with E-state index in [1.165, 1.54) is 5.56 Å². The van der Waals surface area contributed by atoms with Crippen molar-refractivity contribution in [1.82, 2.24) is 20.8 Å². The molecule has 7 nitrogen and oxygen atoms in total. The van der Waals surface area contributed by atoms with Crippen molar-refractivity contribution in [2.45, 2.75) is 54.0 Å². The van der Waals surface area contributed by atoms with Crippen molar-refractivity contribution in [2.75, 3.05) is 13.1 Å². The third-order valence-corrected chi connectivity index (χ3v) is 3.87. The van der Waals surface area contributed by atoms with E-state index in [-0.39, 0.29) is 0 Å². The Kier molecular flexibility index (Phi) is 6.40. The Morgan fingerprint density at radius 2 is 1.88 bits per heavy atom. The van der Waals surface area contributed by atoms with Crippen LogP contribution in [0.1, 0.15) is 47.7 Å². The van der Waals surface area contributed by atoms with E-state index in [0.717, 1.165) is 54.8 Å². The average Bonchev–Trinajstić information content (AvgIpc) is 3.04. The monoisotopic (exact) mass is 333 g/mol. The summed E-state index contributed by atoms with van der Waals surface area (Å²) < 4.78 is 10.7. The topological polar surface area (TPSA) is 88.5 Å². The Balaban J connectivity index is 1.83. The standard InChI is InChI=1S/C17H27N5O2/c1-6-18-17(20-10-16-21-11(2)13(4)23-16)19-9-7-8-15-12(3)22-24-14(15)5/h6-10H2,1-5H3,(H2,18,19,20). The minimum absolute atomic E-state index is 0.424. The maximum Gasteiger partial charge on any atom is 0.216 e. The highest BCUT2D eigenvalue weighted by atomic mass is 16.5. The molecule has 7 heteroatoms. The lowest BCUT2D eigenvalue weighted by Gasteiger charge is -2.10. The van der Waals surface area contributed by atoms with Gasteiger partial charge in [-0.15, -0.1) is 0 Å². The number of aliphatic imine (C=N–C) groups is 1. The normalized spacial score (nSPS) is 11.8. The number of nitrogens with zero attached hydrogens (tertiary/aromatic N) is 3. The van der Waals surface area contributed by atoms with Crippen LogP contribution in [-0.2, 0) is 13.0 Å². The van der Waals surface area contributed by atoms with Crippen molar-refractivity contribution in [1.29, 1.82) is 0 Å². The molecule has 0 saturated heterocycles. The lowest BCUT2D eigenvalue weighted by atomic mass is 10.1. The predicted molar refractivity (Wildman–Crippen MR) is 93.1 cm³/mol. The van der Waals surface area contributed by atoms with Crippen molar-refractivity contribution in [3.63, 3.8) is 0 Å². The molecule has 0 aliphatic heterocycles. The number of rotatable bonds is 7. The molecule has 0 fully saturated rings. The molecular weight excluding hydrogens is 306 g/mol. The second-order valence-corrected chi connectivity index (χ2v) is 5.78. The number of aryl methyl sites for hydroxylation is 4. The Hall–Kier alpha value is -2.31. The first kappa shape index (κ1) is 18.0. The van der Waals surface area contributed by atoms with Gasteiger partial charge in [0.25, 0.3) is 0 Å². The van der Waals surface area contributed by atoms with E-state index in [1.807, 2.05) is 34.6 Å². The molecule has 2 N–H and O–H groups in total. The molecule has 2 aromatic rings. The Morgan fingerprint density at radius 3 is 2.46 bits per heavy atom. The zero-order valence-electron chi connectivity index (χ0n) is 15.2. The third kappa shape index (κ3) is 4.84. The molecule has 0 aliphatic rings. The van der Waals surface area contributed by atoms with Gasteiger partial charge in [-0.3, -0.25) is 0 Å². The molecule has 24 heavy (non-hydrogen) atoms. The minimum atomic E-state index is 0.424. The number of aromatic nitrogens is 2. The van der Waals surface area contributed by atoms with Crippen LogP contribution in [-0.4, -0.2) is 29.2 Å². The predicted octanol–water partition coefficient (Wildman–Crippen LogP) is 2.58. The summed E-state index contributed by atoms with van der Waals surface area (Å²) in [5.74, 6) is 3.16. The van der Waals surface area contributed by atoms with Crippen molar-refractivity contribution in [3.05, 3.63) is 34.4 Å². The summed E-state index contributed by atoms with van der Waals surface area (Å²) in [6.07, 6.45) is 1.91. The van der Waals surface area contributed by atoms with Gasteiger partial charge in [-0.2, -0.15) is 0 Å². The van der Waals surface area contributed by atoms with Crippen molar-refractivity contribution in [2.24, 2.45) is 4.99 Å². The summed E-state index contributed by atoms with van der Waals surface area (Å²) >= 11 is 0. The summed E-state index contributed by atoms with van der Waals surface area (Å²) in [4.78, 5) is 8.86. The molecule has 0 saturated carbocycles. The van der Waals surface area contributed by atoms with Gasteiger partial charge in [0.15, 0.2) is 5.96 Å². The number of guanidine groups is 1. The maximum atomic E-state index is 5.55. The van der Waals surface area contributed by atoms with E-state index in [0.29, 0.717) is 12.4 Å². The SMILES string of the molecule is CCNC(=NCc1nc(C)c(C)o1)NCCCc1c(C)noc1C. The molecule has 2 rings (SSSR count). The highest BCUT2D eigenvalue weighted by molar-refractivity contribution is 5.79. The third-order valence-electron chi connectivity index (χ3n) is 3.87. The summed E-state index contributed by atoms with van der Waals surface area (Å²) in [5.41, 5.74) is 3.09. The van der Waals surface area contributed by atoms with Gasteiger partial charge in [-0.25, -0.2) is 9.98 Å². The summed E-state index contributed by atoms with van der Waals surface area (Å²) in [6, 6.07) is 0. The lowest BCUT2D eigenvalue weighted by molar-refractivity contribution is 0.392. The molecule has 0 bridgehead atoms. The Morgan fingerprint density at radius 1 is 1.08 bits per heavy atom. The van der Waals surface area contributed by atoms with Crippen LogP contribution in [0.5, 0.6) is 0 Å². The number of hydrogen-bond donors (Lipinski definition) is 2. The molecule has 132 valence electrons. The number of nitrogens with one attached hydrogen (secondary N) is 2. The fraction of sp³-hybridized carbons (Fsp3) is 0.588. The van der Waals surface area contributed by atoms with E-state index in [4.69, 9.17) is 8.94 Å². The molecule has 0 radical (unpaired) electrons. The van der Waals surface area contributed by atoms with Gasteiger partial charge in [0.1, 0.15) is 18.1 Å². The van der Waals surface area contributed by atoms with Gasteiger partial charge >= 0.3 is 0 Å². The lowest BCUT2D eigenvalue weighted by Crippen LogP contribution is -2.37. The number of oxazole rings is 1. The van der Waals surface area contributed by atoms with Crippen LogP contribution in [0.25, 0.3) is 0 Å². The zero-order valence-corrected chi connectivity index (χ0v) is 15.2. The molecule has 0 aliphatic carbocycles. The van der Waals surface area contributed by atoms with Crippen LogP contribution in [0.2, 0.25) is 0 Å². The van der Waals surface area contributed by atoms with Gasteiger partial charge < -0.3 is 19.6 Å². The van der Waals surface area contributed by atoms with E-state index < -0.39 is 0 Å². The summed E-state index contributed by atoms with van der Waals surface area (Å²) in [7, 11) is 0. The van der Waals surface area contributed by atoms with Gasteiger partial charge in [0, 0.05) is 18.7 Å². The van der Waals surface area contributed by atoms with Crippen LogP contribution < -0.4 is 10.6 Å². The van der Waals surface area contributed by atoms with E-state index in [9.17, 15) is 0 Å². The first-order chi connectivity index (χ1) is 11.5. The van der Waals surface area contributed by atoms with Crippen molar-refractivity contribution >= 4 is 5.96 Å². The largest absolute Gasteiger partial charge is 0.444 e. The van der Waals surface area contributed by atoms with Gasteiger partial charge in [-0.1, -0.05) is 5.16 Å². The van der Waals surface area contributed by atoms with Crippen LogP contribution in [0.3, 0.4) is 0 Å². The second-order valence-electron chi connectivity index (χ2n) is 5.78. The quantitative estimate of drug-likeness (QED) is 0.460. The van der Waals surface area contributed by atoms with Gasteiger partial charge in [0.2, 0.25) is 5.89 Å². The molecule has 0 unspecified atom stereocenters. The zero-order chi connectivity index (χ0) is 17.5. The van der Waals surface area contributed by atoms with Crippen molar-refractivity contribution in [3.8, 4) is 0 Å². The Labute approximate surface area is 142 Å². The average molecular weight is 333 g/mol. The molecule has 0 spiro atoms. The maximum absolute atomic E-state index is 5.55. The van der Waals surface area contributed by atoms with Crippen LogP contribution >= 0.6 is 0 Å². The highest BCUT2D eigenvalue weighted by Gasteiger charge is 2.08. The Bertz CT molecular complexity index is 648. The van der Waals surface area contributed by atoms with Gasteiger partial charge in [0.05, 0.1) is 11.4 Å². The first-order valence-corrected chi connectivity index (χ1v) is 8.38. The summed E-state index contributed by atoms with van der Waals surface area (Å²) in [6.45, 7) is 11.9. The number of hydrogen-bond acceptors (Lipinski definition) is 5. The molecule has 0 atom stereocenters. The first-order valence-electron chi connectivity index (χ1n) is 8.38. The van der Waals surface area contributed by atoms with E-state index in [2.05, 4.69) is 25.8 Å². The smallest absolute Gasteiger partial charge is 0.216 e. The molecular formula is C17H27N5O2. The fourth-order valence-electron chi connectivity index (χ4n) is 2.43. The molecule has 2 heterocycles. The second kappa shape index (κ2) is 8.52. The molecule has 2 aromatic heterocycles. The summed E-state index contributed by atoms with van der Waals surface area (Å²) in [5, 5.41) is 10.5. The minimum Gasteiger partial charge on any atom is -0.444 e. The van der Waals surface area contributed by atoms with Gasteiger partial charge in [-0.05, 0) is 47.5 Å². The highest BCUT2D eigenvalue weighted by Crippen LogP contribution is 2.13. The van der Waals surface area contributed by atoms with Crippen LogP contribution in [0.15, 0.2) is 13.9 Å². The van der Waals surface area contributed by atoms with E-state index in [1.54, 1.807) is 0 Å². The van der Waals surface area contributed by atoms with E-state index >= 15 is 0 Å².